The normalized spacial score (nSPS) is 10.6. The summed E-state index contributed by atoms with van der Waals surface area (Å²) in [6.45, 7) is 0.363. The van der Waals surface area contributed by atoms with Crippen LogP contribution in [0.5, 0.6) is 0 Å². The number of ether oxygens (including phenoxy) is 1. The van der Waals surface area contributed by atoms with Crippen LogP contribution < -0.4 is 5.32 Å². The van der Waals surface area contributed by atoms with Crippen molar-refractivity contribution >= 4 is 21.7 Å². The monoisotopic (exact) mass is 339 g/mol. The quantitative estimate of drug-likeness (QED) is 0.908. The number of hydrogen-bond donors (Lipinski definition) is 1. The highest BCUT2D eigenvalue weighted by atomic mass is 79.9. The van der Waals surface area contributed by atoms with E-state index in [1.165, 1.54) is 6.07 Å². The van der Waals surface area contributed by atoms with Gasteiger partial charge in [0.05, 0.1) is 16.8 Å². The van der Waals surface area contributed by atoms with E-state index in [4.69, 9.17) is 4.74 Å². The van der Waals surface area contributed by atoms with E-state index in [2.05, 4.69) is 31.2 Å². The van der Waals surface area contributed by atoms with Gasteiger partial charge in [0.2, 0.25) is 0 Å². The third-order valence-corrected chi connectivity index (χ3v) is 3.62. The summed E-state index contributed by atoms with van der Waals surface area (Å²) in [7, 11) is 3.38. The van der Waals surface area contributed by atoms with Crippen LogP contribution in [0.4, 0.5) is 10.2 Å². The summed E-state index contributed by atoms with van der Waals surface area (Å²) in [4.78, 5) is 8.80. The van der Waals surface area contributed by atoms with Gasteiger partial charge in [0.1, 0.15) is 17.5 Å². The van der Waals surface area contributed by atoms with Gasteiger partial charge in [0.25, 0.3) is 0 Å². The molecule has 6 heteroatoms. The zero-order valence-electron chi connectivity index (χ0n) is 11.3. The second kappa shape index (κ2) is 6.76. The van der Waals surface area contributed by atoms with Crippen LogP contribution in [-0.2, 0) is 17.8 Å². The molecule has 2 aromatic rings. The molecule has 0 radical (unpaired) electrons. The van der Waals surface area contributed by atoms with Crippen LogP contribution in [0.15, 0.2) is 28.7 Å². The Bertz CT molecular complexity index is 607. The Hall–Kier alpha value is -1.53. The molecular weight excluding hydrogens is 325 g/mol. The summed E-state index contributed by atoms with van der Waals surface area (Å²) in [5, 5.41) is 2.99. The van der Waals surface area contributed by atoms with Crippen molar-refractivity contribution in [3.05, 3.63) is 51.6 Å². The maximum atomic E-state index is 13.7. The number of anilines is 1. The van der Waals surface area contributed by atoms with Gasteiger partial charge >= 0.3 is 0 Å². The molecule has 0 bridgehead atoms. The van der Waals surface area contributed by atoms with Crippen molar-refractivity contribution in [3.63, 3.8) is 0 Å². The highest BCUT2D eigenvalue weighted by Gasteiger charge is 2.13. The van der Waals surface area contributed by atoms with Crippen LogP contribution in [0.1, 0.15) is 17.1 Å². The van der Waals surface area contributed by atoms with Gasteiger partial charge in [-0.2, -0.15) is 0 Å². The predicted octanol–water partition coefficient (Wildman–Crippen LogP) is 3.16. The Kier molecular flexibility index (Phi) is 5.03. The van der Waals surface area contributed by atoms with Crippen molar-refractivity contribution in [1.82, 2.24) is 9.97 Å². The minimum atomic E-state index is -0.252. The molecule has 4 nitrogen and oxygen atoms in total. The predicted molar refractivity (Wildman–Crippen MR) is 79.2 cm³/mol. The van der Waals surface area contributed by atoms with E-state index in [1.807, 2.05) is 0 Å². The summed E-state index contributed by atoms with van der Waals surface area (Å²) in [5.74, 6) is 0.964. The summed E-state index contributed by atoms with van der Waals surface area (Å²) < 4.78 is 19.6. The fourth-order valence-corrected chi connectivity index (χ4v) is 2.32. The first kappa shape index (κ1) is 14.9. The summed E-state index contributed by atoms with van der Waals surface area (Å²) in [6, 6.07) is 6.63. The molecule has 0 unspecified atom stereocenters. The molecule has 1 N–H and O–H groups in total. The highest BCUT2D eigenvalue weighted by molar-refractivity contribution is 9.10. The first-order valence-electron chi connectivity index (χ1n) is 6.11. The highest BCUT2D eigenvalue weighted by Crippen LogP contribution is 2.24. The number of rotatable bonds is 5. The number of aromatic nitrogens is 2. The lowest BCUT2D eigenvalue weighted by Gasteiger charge is -2.11. The number of benzene rings is 1. The summed E-state index contributed by atoms with van der Waals surface area (Å²) in [5.41, 5.74) is 1.30. The van der Waals surface area contributed by atoms with Crippen molar-refractivity contribution in [2.45, 2.75) is 13.0 Å². The Morgan fingerprint density at radius 3 is 2.70 bits per heavy atom. The molecule has 0 spiro atoms. The Balaban J connectivity index is 2.37. The SMILES string of the molecule is CNc1nc(Cc2ccccc2F)nc(COC)c1Br. The number of hydrogen-bond acceptors (Lipinski definition) is 4. The van der Waals surface area contributed by atoms with E-state index in [0.717, 1.165) is 10.2 Å². The van der Waals surface area contributed by atoms with Crippen molar-refractivity contribution in [1.29, 1.82) is 0 Å². The first-order valence-corrected chi connectivity index (χ1v) is 6.90. The molecule has 0 aliphatic heterocycles. The first-order chi connectivity index (χ1) is 9.65. The zero-order chi connectivity index (χ0) is 14.5. The number of halogens is 2. The van der Waals surface area contributed by atoms with Gasteiger partial charge in [0, 0.05) is 20.6 Å². The standard InChI is InChI=1S/C14H15BrFN3O/c1-17-14-13(15)11(8-20-2)18-12(19-14)7-9-5-3-4-6-10(9)16/h3-6H,7-8H2,1-2H3,(H,17,18,19). The number of nitrogens with zero attached hydrogens (tertiary/aromatic N) is 2. The second-order valence-corrected chi connectivity index (χ2v) is 4.99. The minimum Gasteiger partial charge on any atom is -0.378 e. The molecular formula is C14H15BrFN3O. The van der Waals surface area contributed by atoms with Crippen molar-refractivity contribution in [2.75, 3.05) is 19.5 Å². The molecule has 0 saturated heterocycles. The van der Waals surface area contributed by atoms with Crippen LogP contribution in [0.3, 0.4) is 0 Å². The Morgan fingerprint density at radius 1 is 1.30 bits per heavy atom. The molecule has 1 heterocycles. The average molecular weight is 340 g/mol. The Labute approximate surface area is 125 Å². The van der Waals surface area contributed by atoms with Gasteiger partial charge in [0.15, 0.2) is 0 Å². The molecule has 20 heavy (non-hydrogen) atoms. The van der Waals surface area contributed by atoms with E-state index >= 15 is 0 Å². The average Bonchev–Trinajstić information content (AvgIpc) is 2.45. The van der Waals surface area contributed by atoms with E-state index < -0.39 is 0 Å². The lowest BCUT2D eigenvalue weighted by molar-refractivity contribution is 0.180. The molecule has 106 valence electrons. The number of nitrogens with one attached hydrogen (secondary N) is 1. The third-order valence-electron chi connectivity index (χ3n) is 2.79. The Morgan fingerprint density at radius 2 is 2.05 bits per heavy atom. The largest absolute Gasteiger partial charge is 0.378 e. The third kappa shape index (κ3) is 3.32. The van der Waals surface area contributed by atoms with Gasteiger partial charge in [-0.1, -0.05) is 18.2 Å². The van der Waals surface area contributed by atoms with Gasteiger partial charge < -0.3 is 10.1 Å². The van der Waals surface area contributed by atoms with Gasteiger partial charge in [-0.05, 0) is 27.6 Å². The molecule has 2 rings (SSSR count). The van der Waals surface area contributed by atoms with E-state index in [0.29, 0.717) is 30.2 Å². The van der Waals surface area contributed by atoms with Crippen LogP contribution in [0.2, 0.25) is 0 Å². The van der Waals surface area contributed by atoms with E-state index in [9.17, 15) is 4.39 Å². The molecule has 0 saturated carbocycles. The van der Waals surface area contributed by atoms with E-state index in [1.54, 1.807) is 32.4 Å². The smallest absolute Gasteiger partial charge is 0.144 e. The maximum absolute atomic E-state index is 13.7. The zero-order valence-corrected chi connectivity index (χ0v) is 12.9. The molecule has 0 amide bonds. The van der Waals surface area contributed by atoms with E-state index in [-0.39, 0.29) is 5.82 Å². The minimum absolute atomic E-state index is 0.252. The molecule has 1 aromatic heterocycles. The van der Waals surface area contributed by atoms with Crippen LogP contribution in [0, 0.1) is 5.82 Å². The maximum Gasteiger partial charge on any atom is 0.144 e. The van der Waals surface area contributed by atoms with Crippen molar-refractivity contribution in [2.24, 2.45) is 0 Å². The van der Waals surface area contributed by atoms with Gasteiger partial charge in [-0.3, -0.25) is 0 Å². The van der Waals surface area contributed by atoms with Gasteiger partial charge in [-0.25, -0.2) is 14.4 Å². The molecule has 0 fully saturated rings. The topological polar surface area (TPSA) is 47.0 Å². The van der Waals surface area contributed by atoms with Gasteiger partial charge in [-0.15, -0.1) is 0 Å². The summed E-state index contributed by atoms with van der Waals surface area (Å²) in [6.07, 6.45) is 0.339. The molecule has 0 aliphatic carbocycles. The lowest BCUT2D eigenvalue weighted by Crippen LogP contribution is -2.07. The van der Waals surface area contributed by atoms with Crippen LogP contribution in [0.25, 0.3) is 0 Å². The lowest BCUT2D eigenvalue weighted by atomic mass is 10.1. The van der Waals surface area contributed by atoms with Crippen LogP contribution in [-0.4, -0.2) is 24.1 Å². The van der Waals surface area contributed by atoms with Crippen LogP contribution >= 0.6 is 15.9 Å². The summed E-state index contributed by atoms with van der Waals surface area (Å²) >= 11 is 3.43. The molecule has 0 aliphatic rings. The fourth-order valence-electron chi connectivity index (χ4n) is 1.83. The molecule has 1 aromatic carbocycles. The van der Waals surface area contributed by atoms with Crippen molar-refractivity contribution in [3.8, 4) is 0 Å². The molecule has 0 atom stereocenters. The second-order valence-electron chi connectivity index (χ2n) is 4.20. The fraction of sp³-hybridized carbons (Fsp3) is 0.286. The van der Waals surface area contributed by atoms with Crippen molar-refractivity contribution < 1.29 is 9.13 Å². The number of methoxy groups -OCH3 is 1.